The largest absolute Gasteiger partial charge is 0.294 e. The van der Waals surface area contributed by atoms with Gasteiger partial charge in [-0.2, -0.15) is 0 Å². The van der Waals surface area contributed by atoms with Crippen molar-refractivity contribution in [1.82, 2.24) is 0 Å². The summed E-state index contributed by atoms with van der Waals surface area (Å²) in [5, 5.41) is 0. The van der Waals surface area contributed by atoms with Crippen LogP contribution in [0.4, 0.5) is 4.39 Å². The molecule has 18 heavy (non-hydrogen) atoms. The van der Waals surface area contributed by atoms with Crippen LogP contribution in [0.3, 0.4) is 0 Å². The number of hydrogen-bond acceptors (Lipinski definition) is 1. The lowest BCUT2D eigenvalue weighted by Crippen LogP contribution is -2.09. The maximum atomic E-state index is 13.4. The SMILES string of the molecule is CCCCC(CC)CC(=O)c1ccc(C)c(F)c1. The monoisotopic (exact) mass is 250 g/mol. The zero-order valence-electron chi connectivity index (χ0n) is 11.6. The Balaban J connectivity index is 2.65. The van der Waals surface area contributed by atoms with Gasteiger partial charge in [-0.3, -0.25) is 4.79 Å². The van der Waals surface area contributed by atoms with E-state index in [2.05, 4.69) is 13.8 Å². The third-order valence-corrected chi connectivity index (χ3v) is 3.51. The molecular formula is C16H23FO. The molecule has 0 saturated carbocycles. The number of hydrogen-bond donors (Lipinski definition) is 0. The van der Waals surface area contributed by atoms with Gasteiger partial charge in [-0.05, 0) is 24.5 Å². The molecule has 0 saturated heterocycles. The molecule has 0 N–H and O–H groups in total. The minimum atomic E-state index is -0.289. The Bertz CT molecular complexity index is 398. The number of rotatable bonds is 7. The van der Waals surface area contributed by atoms with Gasteiger partial charge in [0.25, 0.3) is 0 Å². The first-order chi connectivity index (χ1) is 8.58. The molecule has 1 aromatic carbocycles. The number of benzene rings is 1. The van der Waals surface area contributed by atoms with Crippen LogP contribution in [0, 0.1) is 18.7 Å². The average molecular weight is 250 g/mol. The lowest BCUT2D eigenvalue weighted by Gasteiger charge is -2.13. The Kier molecular flexibility index (Phi) is 6.03. The van der Waals surface area contributed by atoms with Gasteiger partial charge in [0, 0.05) is 12.0 Å². The van der Waals surface area contributed by atoms with E-state index in [4.69, 9.17) is 0 Å². The van der Waals surface area contributed by atoms with Gasteiger partial charge in [0.2, 0.25) is 0 Å². The highest BCUT2D eigenvalue weighted by Crippen LogP contribution is 2.20. The van der Waals surface area contributed by atoms with Crippen LogP contribution < -0.4 is 0 Å². The molecular weight excluding hydrogens is 227 g/mol. The van der Waals surface area contributed by atoms with Crippen molar-refractivity contribution >= 4 is 5.78 Å². The number of aryl methyl sites for hydroxylation is 1. The van der Waals surface area contributed by atoms with Gasteiger partial charge in [0.15, 0.2) is 5.78 Å². The molecule has 1 rings (SSSR count). The van der Waals surface area contributed by atoms with E-state index in [1.54, 1.807) is 19.1 Å². The molecule has 1 atom stereocenters. The first-order valence-electron chi connectivity index (χ1n) is 6.87. The van der Waals surface area contributed by atoms with Crippen LogP contribution >= 0.6 is 0 Å². The van der Waals surface area contributed by atoms with Gasteiger partial charge in [0.1, 0.15) is 5.82 Å². The van der Waals surface area contributed by atoms with Crippen molar-refractivity contribution in [3.63, 3.8) is 0 Å². The molecule has 0 heterocycles. The molecule has 2 heteroatoms. The third-order valence-electron chi connectivity index (χ3n) is 3.51. The van der Waals surface area contributed by atoms with E-state index in [0.29, 0.717) is 23.5 Å². The van der Waals surface area contributed by atoms with Crippen molar-refractivity contribution in [2.24, 2.45) is 5.92 Å². The summed E-state index contributed by atoms with van der Waals surface area (Å²) in [6, 6.07) is 4.77. The molecule has 0 aromatic heterocycles. The van der Waals surface area contributed by atoms with Crippen molar-refractivity contribution < 1.29 is 9.18 Å². The molecule has 0 radical (unpaired) electrons. The minimum absolute atomic E-state index is 0.0665. The summed E-state index contributed by atoms with van der Waals surface area (Å²) in [6.07, 6.45) is 4.96. The van der Waals surface area contributed by atoms with E-state index in [9.17, 15) is 9.18 Å². The third kappa shape index (κ3) is 4.25. The molecule has 0 aliphatic rings. The lowest BCUT2D eigenvalue weighted by molar-refractivity contribution is 0.0956. The molecule has 0 aliphatic carbocycles. The van der Waals surface area contributed by atoms with E-state index >= 15 is 0 Å². The van der Waals surface area contributed by atoms with Crippen LogP contribution in [0.5, 0.6) is 0 Å². The number of unbranched alkanes of at least 4 members (excludes halogenated alkanes) is 1. The van der Waals surface area contributed by atoms with Crippen molar-refractivity contribution in [2.45, 2.75) is 52.9 Å². The standard InChI is InChI=1S/C16H23FO/c1-4-6-7-13(5-2)10-16(18)14-9-8-12(3)15(17)11-14/h8-9,11,13H,4-7,10H2,1-3H3. The zero-order valence-corrected chi connectivity index (χ0v) is 11.6. The molecule has 0 aliphatic heterocycles. The minimum Gasteiger partial charge on any atom is -0.294 e. The quantitative estimate of drug-likeness (QED) is 0.627. The van der Waals surface area contributed by atoms with Gasteiger partial charge in [-0.25, -0.2) is 4.39 Å². The van der Waals surface area contributed by atoms with Crippen LogP contribution in [0.2, 0.25) is 0 Å². The van der Waals surface area contributed by atoms with Crippen LogP contribution in [0.15, 0.2) is 18.2 Å². The Morgan fingerprint density at radius 3 is 2.61 bits per heavy atom. The second kappa shape index (κ2) is 7.30. The van der Waals surface area contributed by atoms with Gasteiger partial charge in [-0.15, -0.1) is 0 Å². The summed E-state index contributed by atoms with van der Waals surface area (Å²) < 4.78 is 13.4. The fourth-order valence-electron chi connectivity index (χ4n) is 2.09. The zero-order chi connectivity index (χ0) is 13.5. The molecule has 0 bridgehead atoms. The fourth-order valence-corrected chi connectivity index (χ4v) is 2.09. The van der Waals surface area contributed by atoms with Crippen LogP contribution in [0.1, 0.15) is 61.9 Å². The summed E-state index contributed by atoms with van der Waals surface area (Å²) in [4.78, 5) is 12.1. The van der Waals surface area contributed by atoms with Gasteiger partial charge >= 0.3 is 0 Å². The predicted octanol–water partition coefficient (Wildman–Crippen LogP) is 4.92. The molecule has 0 spiro atoms. The smallest absolute Gasteiger partial charge is 0.163 e. The van der Waals surface area contributed by atoms with E-state index < -0.39 is 0 Å². The average Bonchev–Trinajstić information content (AvgIpc) is 2.37. The molecule has 0 amide bonds. The Hall–Kier alpha value is -1.18. The normalized spacial score (nSPS) is 12.4. The highest BCUT2D eigenvalue weighted by molar-refractivity contribution is 5.96. The summed E-state index contributed by atoms with van der Waals surface area (Å²) in [5.74, 6) is 0.209. The maximum Gasteiger partial charge on any atom is 0.163 e. The lowest BCUT2D eigenvalue weighted by atomic mass is 9.91. The second-order valence-corrected chi connectivity index (χ2v) is 5.01. The summed E-state index contributed by atoms with van der Waals surface area (Å²) in [6.45, 7) is 5.98. The number of halogens is 1. The fraction of sp³-hybridized carbons (Fsp3) is 0.562. The Morgan fingerprint density at radius 2 is 2.06 bits per heavy atom. The first kappa shape index (κ1) is 14.9. The Labute approximate surface area is 109 Å². The second-order valence-electron chi connectivity index (χ2n) is 5.01. The molecule has 100 valence electrons. The van der Waals surface area contributed by atoms with Crippen molar-refractivity contribution in [3.8, 4) is 0 Å². The number of carbonyl (C=O) groups excluding carboxylic acids is 1. The van der Waals surface area contributed by atoms with Crippen molar-refractivity contribution in [2.75, 3.05) is 0 Å². The maximum absolute atomic E-state index is 13.4. The molecule has 1 nitrogen and oxygen atoms in total. The predicted molar refractivity (Wildman–Crippen MR) is 73.4 cm³/mol. The van der Waals surface area contributed by atoms with E-state index in [1.807, 2.05) is 0 Å². The summed E-state index contributed by atoms with van der Waals surface area (Å²) in [7, 11) is 0. The highest BCUT2D eigenvalue weighted by Gasteiger charge is 2.14. The number of Topliss-reactive ketones (excluding diaryl/α,β-unsaturated/α-hetero) is 1. The van der Waals surface area contributed by atoms with Crippen molar-refractivity contribution in [3.05, 3.63) is 35.1 Å². The van der Waals surface area contributed by atoms with E-state index in [-0.39, 0.29) is 11.6 Å². The number of ketones is 1. The summed E-state index contributed by atoms with van der Waals surface area (Å²) >= 11 is 0. The van der Waals surface area contributed by atoms with E-state index in [1.165, 1.54) is 6.07 Å². The van der Waals surface area contributed by atoms with Gasteiger partial charge in [0.05, 0.1) is 0 Å². The topological polar surface area (TPSA) is 17.1 Å². The highest BCUT2D eigenvalue weighted by atomic mass is 19.1. The number of carbonyl (C=O) groups is 1. The van der Waals surface area contributed by atoms with Gasteiger partial charge < -0.3 is 0 Å². The van der Waals surface area contributed by atoms with Crippen molar-refractivity contribution in [1.29, 1.82) is 0 Å². The Morgan fingerprint density at radius 1 is 1.33 bits per heavy atom. The molecule has 0 fully saturated rings. The summed E-state index contributed by atoms with van der Waals surface area (Å²) in [5.41, 5.74) is 1.10. The molecule has 1 unspecified atom stereocenters. The molecule has 1 aromatic rings. The van der Waals surface area contributed by atoms with Crippen LogP contribution in [0.25, 0.3) is 0 Å². The van der Waals surface area contributed by atoms with E-state index in [0.717, 1.165) is 25.7 Å². The van der Waals surface area contributed by atoms with Crippen LogP contribution in [-0.2, 0) is 0 Å². The van der Waals surface area contributed by atoms with Gasteiger partial charge in [-0.1, -0.05) is 51.7 Å². The first-order valence-corrected chi connectivity index (χ1v) is 6.87. The van der Waals surface area contributed by atoms with Crippen LogP contribution in [-0.4, -0.2) is 5.78 Å².